The van der Waals surface area contributed by atoms with E-state index in [0.717, 1.165) is 0 Å². The largest absolute Gasteiger partial charge is 0.444 e. The smallest absolute Gasteiger partial charge is 0.408 e. The zero-order valence-corrected chi connectivity index (χ0v) is 21.9. The molecule has 1 amide bonds. The van der Waals surface area contributed by atoms with Crippen LogP contribution in [0.4, 0.5) is 9.18 Å². The van der Waals surface area contributed by atoms with E-state index in [1.807, 2.05) is 0 Å². The van der Waals surface area contributed by atoms with Crippen LogP contribution in [0.3, 0.4) is 0 Å². The van der Waals surface area contributed by atoms with Crippen molar-refractivity contribution in [3.05, 3.63) is 18.0 Å². The molecule has 2 aliphatic carbocycles. The minimum absolute atomic E-state index is 0.166. The summed E-state index contributed by atoms with van der Waals surface area (Å²) < 4.78 is 27.6. The van der Waals surface area contributed by atoms with E-state index >= 15 is 4.39 Å². The van der Waals surface area contributed by atoms with E-state index in [9.17, 15) is 19.2 Å². The Hall–Kier alpha value is -2.62. The average molecular weight is 508 g/mol. The van der Waals surface area contributed by atoms with Crippen molar-refractivity contribution >= 4 is 23.4 Å². The highest BCUT2D eigenvalue weighted by molar-refractivity contribution is 6.40. The lowest BCUT2D eigenvalue weighted by Gasteiger charge is -2.45. The van der Waals surface area contributed by atoms with Gasteiger partial charge in [0.1, 0.15) is 11.3 Å². The second-order valence-electron chi connectivity index (χ2n) is 11.4. The molecule has 1 heterocycles. The van der Waals surface area contributed by atoms with Crippen LogP contribution in [0.2, 0.25) is 0 Å². The molecule has 0 unspecified atom stereocenters. The normalized spacial score (nSPS) is 24.0. The second-order valence-corrected chi connectivity index (χ2v) is 11.4. The Labute approximate surface area is 211 Å². The number of nitrogens with one attached hydrogen (secondary N) is 1. The number of carbonyl (C=O) groups is 4. The van der Waals surface area contributed by atoms with E-state index in [2.05, 4.69) is 10.4 Å². The van der Waals surface area contributed by atoms with Crippen molar-refractivity contribution in [2.75, 3.05) is 7.11 Å². The number of alkyl carbamates (subject to hydrolysis) is 1. The van der Waals surface area contributed by atoms with E-state index < -0.39 is 46.2 Å². The molecule has 0 spiro atoms. The third kappa shape index (κ3) is 6.99. The zero-order valence-electron chi connectivity index (χ0n) is 21.9. The van der Waals surface area contributed by atoms with Gasteiger partial charge in [-0.2, -0.15) is 5.10 Å². The summed E-state index contributed by atoms with van der Waals surface area (Å²) in [5.74, 6) is -1.77. The number of rotatable bonds is 11. The summed E-state index contributed by atoms with van der Waals surface area (Å²) in [6.45, 7) is 5.07. The Balaban J connectivity index is 1.77. The summed E-state index contributed by atoms with van der Waals surface area (Å²) in [4.78, 5) is 52.2. The number of Topliss-reactive ketones (excluding diaryl/α,β-unsaturated/α-hetero) is 3. The van der Waals surface area contributed by atoms with Crippen molar-refractivity contribution < 1.29 is 33.0 Å². The van der Waals surface area contributed by atoms with E-state index in [4.69, 9.17) is 9.47 Å². The fourth-order valence-corrected chi connectivity index (χ4v) is 5.22. The Morgan fingerprint density at radius 2 is 1.86 bits per heavy atom. The van der Waals surface area contributed by atoms with E-state index in [0.29, 0.717) is 31.4 Å². The molecule has 0 aliphatic heterocycles. The van der Waals surface area contributed by atoms with Crippen LogP contribution < -0.4 is 5.32 Å². The van der Waals surface area contributed by atoms with Crippen molar-refractivity contribution in [3.63, 3.8) is 0 Å². The summed E-state index contributed by atoms with van der Waals surface area (Å²) in [5.41, 5.74) is -3.15. The molecule has 0 saturated heterocycles. The van der Waals surface area contributed by atoms with Crippen molar-refractivity contribution in [2.45, 2.75) is 102 Å². The second kappa shape index (κ2) is 10.8. The van der Waals surface area contributed by atoms with Gasteiger partial charge in [-0.1, -0.05) is 12.8 Å². The molecule has 1 aromatic rings. The molecular formula is C26H38FN3O6. The molecule has 0 aromatic carbocycles. The van der Waals surface area contributed by atoms with Gasteiger partial charge in [-0.3, -0.25) is 19.1 Å². The first-order valence-corrected chi connectivity index (χ1v) is 12.5. The Morgan fingerprint density at radius 3 is 2.39 bits per heavy atom. The monoisotopic (exact) mass is 507 g/mol. The van der Waals surface area contributed by atoms with Crippen LogP contribution in [0, 0.1) is 5.41 Å². The highest BCUT2D eigenvalue weighted by Crippen LogP contribution is 2.47. The first-order valence-electron chi connectivity index (χ1n) is 12.5. The highest BCUT2D eigenvalue weighted by atomic mass is 19.1. The molecule has 2 fully saturated rings. The molecule has 36 heavy (non-hydrogen) atoms. The predicted molar refractivity (Wildman–Crippen MR) is 129 cm³/mol. The molecule has 10 heteroatoms. The number of alkyl halides is 1. The summed E-state index contributed by atoms with van der Waals surface area (Å²) in [7, 11) is 3.22. The fraction of sp³-hybridized carbons (Fsp3) is 0.731. The molecule has 9 nitrogen and oxygen atoms in total. The predicted octanol–water partition coefficient (Wildman–Crippen LogP) is 3.42. The number of methoxy groups -OCH3 is 1. The van der Waals surface area contributed by atoms with E-state index in [-0.39, 0.29) is 38.2 Å². The van der Waals surface area contributed by atoms with Gasteiger partial charge in [0, 0.05) is 38.6 Å². The molecular weight excluding hydrogens is 469 g/mol. The van der Waals surface area contributed by atoms with Crippen LogP contribution >= 0.6 is 0 Å². The standard InChI is InChI=1S/C26H38FN3O6/c1-24(2,3)36-23(34)28-19(15-26(27)9-6-7-10-26)21(32)16-25(13-18(14-25)35-5)22(33)20(31)12-17-8-11-30(4)29-17/h8,11,18-19H,6-7,9-10,12-16H2,1-5H3,(H,28,34)/t18?,19-,25?/m0/s1. The number of carbonyl (C=O) groups excluding carboxylic acids is 4. The number of hydrogen-bond acceptors (Lipinski definition) is 7. The zero-order chi connectivity index (χ0) is 26.7. The molecule has 0 bridgehead atoms. The van der Waals surface area contributed by atoms with Crippen molar-refractivity contribution in [2.24, 2.45) is 12.5 Å². The van der Waals surface area contributed by atoms with Gasteiger partial charge in [0.15, 0.2) is 5.78 Å². The fourth-order valence-electron chi connectivity index (χ4n) is 5.22. The van der Waals surface area contributed by atoms with Crippen LogP contribution in [0.15, 0.2) is 12.3 Å². The lowest BCUT2D eigenvalue weighted by Crippen LogP contribution is -2.54. The van der Waals surface area contributed by atoms with Gasteiger partial charge < -0.3 is 14.8 Å². The number of aryl methyl sites for hydroxylation is 1. The van der Waals surface area contributed by atoms with Gasteiger partial charge in [-0.15, -0.1) is 0 Å². The minimum Gasteiger partial charge on any atom is -0.444 e. The van der Waals surface area contributed by atoms with E-state index in [1.165, 1.54) is 7.11 Å². The molecule has 0 radical (unpaired) electrons. The maximum absolute atomic E-state index is 15.4. The summed E-state index contributed by atoms with van der Waals surface area (Å²) in [6, 6.07) is 0.491. The van der Waals surface area contributed by atoms with Crippen LogP contribution in [-0.4, -0.2) is 63.7 Å². The first kappa shape index (κ1) is 28.0. The van der Waals surface area contributed by atoms with Gasteiger partial charge in [0.2, 0.25) is 11.6 Å². The molecule has 1 atom stereocenters. The first-order chi connectivity index (χ1) is 16.7. The van der Waals surface area contributed by atoms with Crippen LogP contribution in [0.5, 0.6) is 0 Å². The summed E-state index contributed by atoms with van der Waals surface area (Å²) in [5, 5.41) is 6.70. The quantitative estimate of drug-likeness (QED) is 0.456. The number of halogens is 1. The van der Waals surface area contributed by atoms with Crippen LogP contribution in [0.1, 0.15) is 77.8 Å². The van der Waals surface area contributed by atoms with Crippen LogP contribution in [-0.2, 0) is 37.3 Å². The lowest BCUT2D eigenvalue weighted by molar-refractivity contribution is -0.156. The lowest BCUT2D eigenvalue weighted by atomic mass is 9.60. The maximum Gasteiger partial charge on any atom is 0.408 e. The Bertz CT molecular complexity index is 986. The number of aromatic nitrogens is 2. The van der Waals surface area contributed by atoms with E-state index in [1.54, 1.807) is 44.8 Å². The molecule has 1 N–H and O–H groups in total. The van der Waals surface area contributed by atoms with Gasteiger partial charge >= 0.3 is 6.09 Å². The van der Waals surface area contributed by atoms with Crippen molar-refractivity contribution in [1.29, 1.82) is 0 Å². The third-order valence-corrected chi connectivity index (χ3v) is 7.08. The van der Waals surface area contributed by atoms with Crippen molar-refractivity contribution in [1.82, 2.24) is 15.1 Å². The average Bonchev–Trinajstić information content (AvgIpc) is 3.35. The van der Waals surface area contributed by atoms with Gasteiger partial charge in [-0.25, -0.2) is 9.18 Å². The Kier molecular flexibility index (Phi) is 8.37. The molecule has 1 aromatic heterocycles. The SMILES string of the molecule is COC1CC(CC(=O)[C@H](CC2(F)CCCC2)NC(=O)OC(C)(C)C)(C(=O)C(=O)Cc2ccn(C)n2)C1. The number of ether oxygens (including phenoxy) is 2. The number of amides is 1. The minimum atomic E-state index is -1.57. The van der Waals surface area contributed by atoms with Gasteiger partial charge in [0.25, 0.3) is 0 Å². The Morgan fingerprint density at radius 1 is 1.22 bits per heavy atom. The highest BCUT2D eigenvalue weighted by Gasteiger charge is 2.54. The summed E-state index contributed by atoms with van der Waals surface area (Å²) in [6.07, 6.45) is 2.43. The van der Waals surface area contributed by atoms with Gasteiger partial charge in [-0.05, 0) is 52.5 Å². The third-order valence-electron chi connectivity index (χ3n) is 7.08. The summed E-state index contributed by atoms with van der Waals surface area (Å²) >= 11 is 0. The molecule has 200 valence electrons. The number of ketones is 3. The van der Waals surface area contributed by atoms with Crippen LogP contribution in [0.25, 0.3) is 0 Å². The van der Waals surface area contributed by atoms with Gasteiger partial charge in [0.05, 0.1) is 24.3 Å². The number of nitrogens with zero attached hydrogens (tertiary/aromatic N) is 2. The maximum atomic E-state index is 15.4. The number of hydrogen-bond donors (Lipinski definition) is 1. The topological polar surface area (TPSA) is 117 Å². The molecule has 2 saturated carbocycles. The molecule has 3 rings (SSSR count). The molecule has 2 aliphatic rings. The van der Waals surface area contributed by atoms with Crippen molar-refractivity contribution in [3.8, 4) is 0 Å².